The summed E-state index contributed by atoms with van der Waals surface area (Å²) in [5.74, 6) is 1.16. The van der Waals surface area contributed by atoms with Crippen LogP contribution in [0.3, 0.4) is 0 Å². The zero-order valence-corrected chi connectivity index (χ0v) is 22.9. The largest absolute Gasteiger partial charge is 0.486 e. The monoisotopic (exact) mass is 536 g/mol. The topological polar surface area (TPSA) is 59.1 Å². The van der Waals surface area contributed by atoms with Gasteiger partial charge in [0.25, 0.3) is 0 Å². The lowest BCUT2D eigenvalue weighted by Crippen LogP contribution is -2.52. The van der Waals surface area contributed by atoms with Crippen LogP contribution in [0, 0.1) is 0 Å². The van der Waals surface area contributed by atoms with Crippen molar-refractivity contribution in [2.45, 2.75) is 62.8 Å². The molecule has 4 heterocycles. The molecule has 6 nitrogen and oxygen atoms in total. The Morgan fingerprint density at radius 3 is 1.65 bits per heavy atom. The quantitative estimate of drug-likeness (QED) is 0.427. The number of Topliss-reactive ketones (excluding diaryl/α,β-unsaturated/α-hetero) is 2. The average Bonchev–Trinajstić information content (AvgIpc) is 2.96. The van der Waals surface area contributed by atoms with Crippen LogP contribution in [0.2, 0.25) is 0 Å². The van der Waals surface area contributed by atoms with Gasteiger partial charge in [-0.15, -0.1) is 0 Å². The molecule has 40 heavy (non-hydrogen) atoms. The molecular weight excluding hydrogens is 500 g/mol. The summed E-state index contributed by atoms with van der Waals surface area (Å²) in [6.07, 6.45) is 3.86. The molecule has 0 atom stereocenters. The van der Waals surface area contributed by atoms with E-state index in [2.05, 4.69) is 58.3 Å². The average molecular weight is 537 g/mol. The normalized spacial score (nSPS) is 21.9. The molecule has 206 valence electrons. The van der Waals surface area contributed by atoms with Crippen LogP contribution in [0.5, 0.6) is 11.5 Å². The zero-order chi connectivity index (χ0) is 27.2. The maximum Gasteiger partial charge on any atom is 0.174 e. The molecule has 0 radical (unpaired) electrons. The zero-order valence-electron chi connectivity index (χ0n) is 22.9. The summed E-state index contributed by atoms with van der Waals surface area (Å²) in [5, 5.41) is 0. The number of fused-ring (bicyclic) bond motifs is 3. The lowest BCUT2D eigenvalue weighted by Gasteiger charge is -2.46. The van der Waals surface area contributed by atoms with E-state index in [1.165, 1.54) is 11.1 Å². The third kappa shape index (κ3) is 4.84. The molecule has 0 amide bonds. The summed E-state index contributed by atoms with van der Waals surface area (Å²) < 4.78 is 13.3. The van der Waals surface area contributed by atoms with Gasteiger partial charge in [0, 0.05) is 65.0 Å². The Balaban J connectivity index is 1.06. The number of piperidine rings is 2. The van der Waals surface area contributed by atoms with E-state index in [4.69, 9.17) is 9.47 Å². The minimum Gasteiger partial charge on any atom is -0.486 e. The smallest absolute Gasteiger partial charge is 0.174 e. The minimum absolute atomic E-state index is 0.0426. The number of carbonyl (C=O) groups excluding carboxylic acids is 2. The molecule has 2 spiro atoms. The van der Waals surface area contributed by atoms with Gasteiger partial charge in [0.15, 0.2) is 11.6 Å². The fourth-order valence-corrected chi connectivity index (χ4v) is 7.01. The van der Waals surface area contributed by atoms with Crippen molar-refractivity contribution in [1.29, 1.82) is 0 Å². The van der Waals surface area contributed by atoms with E-state index in [0.29, 0.717) is 35.5 Å². The molecule has 6 heteroatoms. The molecule has 4 aliphatic heterocycles. The number of ketones is 2. The van der Waals surface area contributed by atoms with Crippen LogP contribution < -0.4 is 9.47 Å². The highest BCUT2D eigenvalue weighted by Gasteiger charge is 2.48. The van der Waals surface area contributed by atoms with Gasteiger partial charge in [0.1, 0.15) is 28.3 Å². The summed E-state index contributed by atoms with van der Waals surface area (Å²) in [5.41, 5.74) is 2.57. The maximum absolute atomic E-state index is 13.7. The second-order valence-electron chi connectivity index (χ2n) is 12.1. The lowest BCUT2D eigenvalue weighted by atomic mass is 9.79. The highest BCUT2D eigenvalue weighted by Crippen LogP contribution is 2.48. The summed E-state index contributed by atoms with van der Waals surface area (Å²) in [7, 11) is 0. The fourth-order valence-electron chi connectivity index (χ4n) is 7.01. The van der Waals surface area contributed by atoms with Crippen molar-refractivity contribution in [1.82, 2.24) is 9.80 Å². The van der Waals surface area contributed by atoms with E-state index < -0.39 is 11.2 Å². The molecule has 0 N–H and O–H groups in total. The first-order valence-corrected chi connectivity index (χ1v) is 14.6. The van der Waals surface area contributed by atoms with Gasteiger partial charge in [0.2, 0.25) is 0 Å². The first kappa shape index (κ1) is 25.5. The molecule has 2 saturated heterocycles. The van der Waals surface area contributed by atoms with E-state index in [1.54, 1.807) is 0 Å². The molecule has 3 aromatic rings. The van der Waals surface area contributed by atoms with Gasteiger partial charge in [0.05, 0.1) is 18.4 Å². The molecule has 0 aromatic heterocycles. The number of rotatable bonds is 4. The van der Waals surface area contributed by atoms with Crippen molar-refractivity contribution >= 4 is 11.6 Å². The maximum atomic E-state index is 13.7. The number of benzene rings is 3. The van der Waals surface area contributed by atoms with Crippen molar-refractivity contribution in [3.05, 3.63) is 95.1 Å². The van der Waals surface area contributed by atoms with Crippen LogP contribution in [0.1, 0.15) is 70.4 Å². The third-order valence-corrected chi connectivity index (χ3v) is 9.34. The van der Waals surface area contributed by atoms with Crippen LogP contribution in [-0.4, -0.2) is 58.7 Å². The lowest BCUT2D eigenvalue weighted by molar-refractivity contribution is -0.0193. The van der Waals surface area contributed by atoms with Crippen LogP contribution in [0.15, 0.2) is 72.8 Å². The molecule has 3 aromatic carbocycles. The molecule has 4 aliphatic rings. The second-order valence-corrected chi connectivity index (χ2v) is 12.1. The highest BCUT2D eigenvalue weighted by atomic mass is 16.5. The Hall–Kier alpha value is -3.48. The molecule has 2 fully saturated rings. The molecule has 0 saturated carbocycles. The first-order chi connectivity index (χ1) is 19.5. The van der Waals surface area contributed by atoms with Gasteiger partial charge < -0.3 is 9.47 Å². The van der Waals surface area contributed by atoms with E-state index in [-0.39, 0.29) is 11.6 Å². The van der Waals surface area contributed by atoms with Crippen LogP contribution in [0.4, 0.5) is 0 Å². The minimum atomic E-state index is -0.551. The SMILES string of the molecule is O=C1CC2(CCN(Cc3ccccc3)CC2)Oc2c1ccc1c2C(=O)CC2(CCN(Cc3ccccc3)CC2)O1. The molecule has 7 rings (SSSR count). The predicted molar refractivity (Wildman–Crippen MR) is 153 cm³/mol. The van der Waals surface area contributed by atoms with Crippen LogP contribution in [0.25, 0.3) is 0 Å². The number of nitrogens with zero attached hydrogens (tertiary/aromatic N) is 2. The van der Waals surface area contributed by atoms with Crippen LogP contribution in [-0.2, 0) is 13.1 Å². The van der Waals surface area contributed by atoms with E-state index >= 15 is 0 Å². The van der Waals surface area contributed by atoms with Gasteiger partial charge in [-0.1, -0.05) is 60.7 Å². The van der Waals surface area contributed by atoms with Crippen molar-refractivity contribution in [3.63, 3.8) is 0 Å². The number of likely N-dealkylation sites (tertiary alicyclic amines) is 2. The number of carbonyl (C=O) groups is 2. The standard InChI is InChI=1S/C34H36N2O4/c37-28-21-34(15-19-36(20-16-34)24-26-9-5-2-6-10-26)40-32-27(28)11-12-30-31(32)29(38)22-33(39-30)13-17-35(18-14-33)23-25-7-3-1-4-8-25/h1-12H,13-24H2. The summed E-state index contributed by atoms with van der Waals surface area (Å²) in [6.45, 7) is 5.31. The Labute approximate surface area is 235 Å². The number of hydrogen-bond donors (Lipinski definition) is 0. The van der Waals surface area contributed by atoms with Gasteiger partial charge in [-0.3, -0.25) is 19.4 Å². The van der Waals surface area contributed by atoms with Crippen LogP contribution >= 0.6 is 0 Å². The second kappa shape index (κ2) is 10.2. The Kier molecular flexibility index (Phi) is 6.48. The molecule has 0 bridgehead atoms. The number of ether oxygens (including phenoxy) is 2. The Morgan fingerprint density at radius 1 is 0.600 bits per heavy atom. The number of hydrogen-bond acceptors (Lipinski definition) is 6. The predicted octanol–water partition coefficient (Wildman–Crippen LogP) is 5.69. The molecule has 0 aliphatic carbocycles. The highest BCUT2D eigenvalue weighted by molar-refractivity contribution is 6.09. The van der Waals surface area contributed by atoms with E-state index in [0.717, 1.165) is 65.0 Å². The van der Waals surface area contributed by atoms with Crippen molar-refractivity contribution in [2.24, 2.45) is 0 Å². The third-order valence-electron chi connectivity index (χ3n) is 9.34. The van der Waals surface area contributed by atoms with Gasteiger partial charge in [-0.2, -0.15) is 0 Å². The Morgan fingerprint density at radius 2 is 1.10 bits per heavy atom. The Bertz CT molecular complexity index is 1400. The summed E-state index contributed by atoms with van der Waals surface area (Å²) in [6, 6.07) is 24.6. The summed E-state index contributed by atoms with van der Waals surface area (Å²) in [4.78, 5) is 32.0. The van der Waals surface area contributed by atoms with Gasteiger partial charge >= 0.3 is 0 Å². The molecular formula is C34H36N2O4. The van der Waals surface area contributed by atoms with Gasteiger partial charge in [-0.05, 0) is 23.3 Å². The summed E-state index contributed by atoms with van der Waals surface area (Å²) >= 11 is 0. The van der Waals surface area contributed by atoms with E-state index in [9.17, 15) is 9.59 Å². The van der Waals surface area contributed by atoms with E-state index in [1.807, 2.05) is 24.3 Å². The molecule has 0 unspecified atom stereocenters. The first-order valence-electron chi connectivity index (χ1n) is 14.6. The van der Waals surface area contributed by atoms with Crippen molar-refractivity contribution < 1.29 is 19.1 Å². The fraction of sp³-hybridized carbons (Fsp3) is 0.412. The van der Waals surface area contributed by atoms with Gasteiger partial charge in [-0.25, -0.2) is 0 Å². The van der Waals surface area contributed by atoms with Crippen molar-refractivity contribution in [2.75, 3.05) is 26.2 Å². The van der Waals surface area contributed by atoms with Crippen molar-refractivity contribution in [3.8, 4) is 11.5 Å².